The Kier molecular flexibility index (Phi) is 4.67. The highest BCUT2D eigenvalue weighted by Gasteiger charge is 2.18. The Bertz CT molecular complexity index is 1230. The number of rotatable bonds is 4. The van der Waals surface area contributed by atoms with Gasteiger partial charge in [-0.25, -0.2) is 14.5 Å². The van der Waals surface area contributed by atoms with Gasteiger partial charge in [0.25, 0.3) is 5.56 Å². The molecule has 4 rings (SSSR count). The normalized spacial score (nSPS) is 10.9. The number of aromatic nitrogens is 3. The first kappa shape index (κ1) is 17.9. The molecule has 0 fully saturated rings. The molecule has 2 heterocycles. The van der Waals surface area contributed by atoms with Crippen LogP contribution in [0.25, 0.3) is 22.1 Å². The smallest absolute Gasteiger partial charge is 0.359 e. The number of nitrogens with zero attached hydrogens (tertiary/aromatic N) is 3. The number of halogens is 1. The highest BCUT2D eigenvalue weighted by molar-refractivity contribution is 6.30. The first-order chi connectivity index (χ1) is 13.5. The van der Waals surface area contributed by atoms with E-state index in [1.165, 1.54) is 7.05 Å². The van der Waals surface area contributed by atoms with Crippen molar-refractivity contribution in [3.8, 4) is 11.3 Å². The summed E-state index contributed by atoms with van der Waals surface area (Å²) in [6.07, 6.45) is 1.55. The van der Waals surface area contributed by atoms with Crippen LogP contribution in [0.5, 0.6) is 0 Å². The lowest BCUT2D eigenvalue weighted by molar-refractivity contribution is 0.0432. The van der Waals surface area contributed by atoms with E-state index < -0.39 is 5.97 Å². The zero-order chi connectivity index (χ0) is 19.7. The summed E-state index contributed by atoms with van der Waals surface area (Å²) in [5.74, 6) is 0.110. The van der Waals surface area contributed by atoms with Gasteiger partial charge in [-0.3, -0.25) is 4.79 Å². The fourth-order valence-corrected chi connectivity index (χ4v) is 2.90. The molecular formula is C20H14ClN3O4. The van der Waals surface area contributed by atoms with Crippen LogP contribution in [-0.4, -0.2) is 20.7 Å². The second kappa shape index (κ2) is 7.28. The number of hydrogen-bond donors (Lipinski definition) is 0. The molecule has 0 atom stereocenters. The molecular weight excluding hydrogens is 382 g/mol. The van der Waals surface area contributed by atoms with Gasteiger partial charge in [-0.2, -0.15) is 5.10 Å². The number of fused-ring (bicyclic) bond motifs is 1. The number of ether oxygens (including phenoxy) is 1. The van der Waals surface area contributed by atoms with Gasteiger partial charge in [0.2, 0.25) is 5.89 Å². The summed E-state index contributed by atoms with van der Waals surface area (Å²) in [5.41, 5.74) is 0.579. The Morgan fingerprint density at radius 1 is 1.14 bits per heavy atom. The van der Waals surface area contributed by atoms with Crippen LogP contribution in [0.3, 0.4) is 0 Å². The van der Waals surface area contributed by atoms with E-state index in [1.54, 1.807) is 54.7 Å². The number of esters is 1. The predicted molar refractivity (Wildman–Crippen MR) is 103 cm³/mol. The monoisotopic (exact) mass is 395 g/mol. The molecule has 0 unspecified atom stereocenters. The van der Waals surface area contributed by atoms with Crippen molar-refractivity contribution in [3.63, 3.8) is 0 Å². The molecule has 2 aromatic heterocycles. The summed E-state index contributed by atoms with van der Waals surface area (Å²) in [7, 11) is 1.48. The number of benzene rings is 2. The quantitative estimate of drug-likeness (QED) is 0.491. The number of aryl methyl sites for hydroxylation is 1. The van der Waals surface area contributed by atoms with E-state index in [1.807, 2.05) is 0 Å². The SMILES string of the molecule is Cn1nc(C(=O)OCc2ncc(-c3ccc(Cl)cc3)o2)c2ccccc2c1=O. The van der Waals surface area contributed by atoms with Crippen LogP contribution in [0.4, 0.5) is 0 Å². The van der Waals surface area contributed by atoms with E-state index in [4.69, 9.17) is 20.8 Å². The van der Waals surface area contributed by atoms with Crippen molar-refractivity contribution in [1.82, 2.24) is 14.8 Å². The first-order valence-corrected chi connectivity index (χ1v) is 8.74. The van der Waals surface area contributed by atoms with E-state index in [2.05, 4.69) is 10.1 Å². The van der Waals surface area contributed by atoms with E-state index >= 15 is 0 Å². The van der Waals surface area contributed by atoms with E-state index in [0.717, 1.165) is 10.2 Å². The minimum absolute atomic E-state index is 0.0576. The average molecular weight is 396 g/mol. The van der Waals surface area contributed by atoms with Gasteiger partial charge in [0, 0.05) is 23.0 Å². The van der Waals surface area contributed by atoms with Crippen molar-refractivity contribution in [1.29, 1.82) is 0 Å². The lowest BCUT2D eigenvalue weighted by Gasteiger charge is -2.07. The van der Waals surface area contributed by atoms with Gasteiger partial charge in [-0.15, -0.1) is 0 Å². The third kappa shape index (κ3) is 3.39. The Morgan fingerprint density at radius 3 is 2.61 bits per heavy atom. The Balaban J connectivity index is 1.54. The van der Waals surface area contributed by atoms with Gasteiger partial charge in [0.1, 0.15) is 0 Å². The zero-order valence-corrected chi connectivity index (χ0v) is 15.5. The van der Waals surface area contributed by atoms with Crippen LogP contribution in [0.1, 0.15) is 16.4 Å². The molecule has 8 heteroatoms. The third-order valence-electron chi connectivity index (χ3n) is 4.16. The molecule has 0 N–H and O–H groups in total. The first-order valence-electron chi connectivity index (χ1n) is 8.37. The molecule has 0 saturated carbocycles. The molecule has 4 aromatic rings. The van der Waals surface area contributed by atoms with Crippen molar-refractivity contribution >= 4 is 28.3 Å². The fraction of sp³-hybridized carbons (Fsp3) is 0.100. The van der Waals surface area contributed by atoms with Crippen LogP contribution >= 0.6 is 11.6 Å². The predicted octanol–water partition coefficient (Wildman–Crippen LogP) is 3.60. The van der Waals surface area contributed by atoms with Crippen LogP contribution in [0, 0.1) is 0 Å². The molecule has 140 valence electrons. The lowest BCUT2D eigenvalue weighted by Crippen LogP contribution is -2.23. The number of hydrogen-bond acceptors (Lipinski definition) is 6. The van der Waals surface area contributed by atoms with Crippen LogP contribution in [0.15, 0.2) is 63.9 Å². The summed E-state index contributed by atoms with van der Waals surface area (Å²) in [4.78, 5) is 28.8. The minimum atomic E-state index is -0.668. The molecule has 0 bridgehead atoms. The fourth-order valence-electron chi connectivity index (χ4n) is 2.77. The minimum Gasteiger partial charge on any atom is -0.451 e. The Hall–Kier alpha value is -3.45. The summed E-state index contributed by atoms with van der Waals surface area (Å²) in [5, 5.41) is 5.49. The maximum atomic E-state index is 12.5. The summed E-state index contributed by atoms with van der Waals surface area (Å²) < 4.78 is 12.0. The van der Waals surface area contributed by atoms with Gasteiger partial charge in [0.05, 0.1) is 11.6 Å². The molecule has 0 aliphatic rings. The number of carbonyl (C=O) groups excluding carboxylic acids is 1. The van der Waals surface area contributed by atoms with Crippen molar-refractivity contribution in [2.75, 3.05) is 0 Å². The van der Waals surface area contributed by atoms with E-state index in [9.17, 15) is 9.59 Å². The summed E-state index contributed by atoms with van der Waals surface area (Å²) in [6, 6.07) is 13.9. The van der Waals surface area contributed by atoms with Gasteiger partial charge < -0.3 is 9.15 Å². The Morgan fingerprint density at radius 2 is 1.86 bits per heavy atom. The summed E-state index contributed by atoms with van der Waals surface area (Å²) >= 11 is 5.88. The molecule has 0 aliphatic carbocycles. The van der Waals surface area contributed by atoms with Gasteiger partial charge in [0.15, 0.2) is 18.1 Å². The highest BCUT2D eigenvalue weighted by atomic mass is 35.5. The topological polar surface area (TPSA) is 87.2 Å². The second-order valence-electron chi connectivity index (χ2n) is 6.02. The standard InChI is InChI=1S/C20H14ClN3O4/c1-24-19(25)15-5-3-2-4-14(15)18(23-24)20(26)27-11-17-22-10-16(28-17)12-6-8-13(21)9-7-12/h2-10H,11H2,1H3. The molecule has 7 nitrogen and oxygen atoms in total. The third-order valence-corrected chi connectivity index (χ3v) is 4.41. The molecule has 0 amide bonds. The van der Waals surface area contributed by atoms with Crippen molar-refractivity contribution in [2.24, 2.45) is 7.05 Å². The van der Waals surface area contributed by atoms with Gasteiger partial charge in [-0.1, -0.05) is 29.8 Å². The lowest BCUT2D eigenvalue weighted by atomic mass is 10.1. The van der Waals surface area contributed by atoms with Crippen LogP contribution in [-0.2, 0) is 18.4 Å². The van der Waals surface area contributed by atoms with Crippen LogP contribution in [0.2, 0.25) is 5.02 Å². The molecule has 0 aliphatic heterocycles. The zero-order valence-electron chi connectivity index (χ0n) is 14.8. The maximum Gasteiger partial charge on any atom is 0.359 e. The number of carbonyl (C=O) groups is 1. The van der Waals surface area contributed by atoms with Gasteiger partial charge >= 0.3 is 5.97 Å². The van der Waals surface area contributed by atoms with Crippen LogP contribution < -0.4 is 5.56 Å². The second-order valence-corrected chi connectivity index (χ2v) is 6.46. The van der Waals surface area contributed by atoms with Crippen molar-refractivity contribution < 1.29 is 13.9 Å². The van der Waals surface area contributed by atoms with E-state index in [-0.39, 0.29) is 23.8 Å². The molecule has 28 heavy (non-hydrogen) atoms. The average Bonchev–Trinajstić information content (AvgIpc) is 3.18. The van der Waals surface area contributed by atoms with E-state index in [0.29, 0.717) is 21.6 Å². The Labute approximate surface area is 164 Å². The molecule has 2 aromatic carbocycles. The molecule has 0 saturated heterocycles. The molecule has 0 spiro atoms. The van der Waals surface area contributed by atoms with Crippen molar-refractivity contribution in [2.45, 2.75) is 6.61 Å². The maximum absolute atomic E-state index is 12.5. The summed E-state index contributed by atoms with van der Waals surface area (Å²) in [6.45, 7) is -0.161. The van der Waals surface area contributed by atoms with Gasteiger partial charge in [-0.05, 0) is 30.3 Å². The molecule has 0 radical (unpaired) electrons. The largest absolute Gasteiger partial charge is 0.451 e. The highest BCUT2D eigenvalue weighted by Crippen LogP contribution is 2.23. The van der Waals surface area contributed by atoms with Crippen molar-refractivity contribution in [3.05, 3.63) is 81.7 Å². The number of oxazole rings is 1.